The van der Waals surface area contributed by atoms with Gasteiger partial charge in [-0.1, -0.05) is 25.1 Å². The number of nitrogens with one attached hydrogen (secondary N) is 1. The Morgan fingerprint density at radius 2 is 2.08 bits per heavy atom. The molecule has 134 valence electrons. The molecule has 0 aliphatic carbocycles. The van der Waals surface area contributed by atoms with E-state index >= 15 is 0 Å². The number of hydrogen-bond acceptors (Lipinski definition) is 3. The smallest absolute Gasteiger partial charge is 0.321 e. The number of para-hydroxylation sites is 1. The van der Waals surface area contributed by atoms with Gasteiger partial charge in [-0.05, 0) is 37.1 Å². The second-order valence-corrected chi connectivity index (χ2v) is 6.70. The second kappa shape index (κ2) is 7.15. The van der Waals surface area contributed by atoms with Crippen LogP contribution in [0.5, 0.6) is 0 Å². The maximum atomic E-state index is 12.5. The van der Waals surface area contributed by atoms with Crippen molar-refractivity contribution in [3.05, 3.63) is 54.5 Å². The van der Waals surface area contributed by atoms with Crippen molar-refractivity contribution in [2.75, 3.05) is 18.4 Å². The van der Waals surface area contributed by atoms with Gasteiger partial charge in [-0.25, -0.2) is 14.8 Å². The number of rotatable bonds is 4. The third kappa shape index (κ3) is 3.14. The van der Waals surface area contributed by atoms with Crippen LogP contribution in [0.15, 0.2) is 48.7 Å². The third-order valence-corrected chi connectivity index (χ3v) is 4.85. The Kier molecular flexibility index (Phi) is 4.56. The van der Waals surface area contributed by atoms with Gasteiger partial charge in [-0.3, -0.25) is 0 Å². The second-order valence-electron chi connectivity index (χ2n) is 6.70. The fourth-order valence-corrected chi connectivity index (χ4v) is 3.61. The Bertz CT molecular complexity index is 905. The average Bonchev–Trinajstić information content (AvgIpc) is 3.28. The average molecular weight is 349 g/mol. The van der Waals surface area contributed by atoms with Crippen molar-refractivity contribution >= 4 is 22.9 Å². The highest BCUT2D eigenvalue weighted by Crippen LogP contribution is 2.29. The number of nitrogens with zero attached hydrogens (tertiary/aromatic N) is 4. The van der Waals surface area contributed by atoms with Crippen molar-refractivity contribution in [1.29, 1.82) is 0 Å². The van der Waals surface area contributed by atoms with Crippen LogP contribution in [0.25, 0.3) is 11.2 Å². The largest absolute Gasteiger partial charge is 0.324 e. The maximum absolute atomic E-state index is 12.5. The fourth-order valence-electron chi connectivity index (χ4n) is 3.61. The number of carbonyl (C=O) groups is 1. The Balaban J connectivity index is 1.52. The van der Waals surface area contributed by atoms with E-state index in [9.17, 15) is 4.79 Å². The number of imidazole rings is 1. The molecule has 6 nitrogen and oxygen atoms in total. The lowest BCUT2D eigenvalue weighted by Crippen LogP contribution is -2.33. The lowest BCUT2D eigenvalue weighted by molar-refractivity contribution is 0.222. The first-order valence-corrected chi connectivity index (χ1v) is 9.18. The van der Waals surface area contributed by atoms with E-state index in [4.69, 9.17) is 4.98 Å². The molecule has 0 saturated carbocycles. The van der Waals surface area contributed by atoms with Gasteiger partial charge in [0.2, 0.25) is 0 Å². The number of aryl methyl sites for hydroxylation is 1. The summed E-state index contributed by atoms with van der Waals surface area (Å²) in [5.74, 6) is 1.30. The molecule has 6 heteroatoms. The predicted molar refractivity (Wildman–Crippen MR) is 102 cm³/mol. The summed E-state index contributed by atoms with van der Waals surface area (Å²) in [4.78, 5) is 23.8. The monoisotopic (exact) mass is 349 g/mol. The first-order chi connectivity index (χ1) is 12.8. The maximum Gasteiger partial charge on any atom is 0.321 e. The molecule has 2 amide bonds. The number of fused-ring (bicyclic) bond motifs is 1. The Labute approximate surface area is 152 Å². The van der Waals surface area contributed by atoms with E-state index in [2.05, 4.69) is 21.8 Å². The molecule has 0 bridgehead atoms. The Hall–Kier alpha value is -2.89. The highest BCUT2D eigenvalue weighted by Gasteiger charge is 2.31. The molecule has 0 spiro atoms. The van der Waals surface area contributed by atoms with Crippen LogP contribution >= 0.6 is 0 Å². The summed E-state index contributed by atoms with van der Waals surface area (Å²) in [5.41, 5.74) is 2.70. The molecule has 3 aromatic rings. The summed E-state index contributed by atoms with van der Waals surface area (Å²) in [6.45, 7) is 4.49. The van der Waals surface area contributed by atoms with Crippen molar-refractivity contribution in [1.82, 2.24) is 19.4 Å². The van der Waals surface area contributed by atoms with E-state index in [1.165, 1.54) is 0 Å². The van der Waals surface area contributed by atoms with Crippen LogP contribution in [0.3, 0.4) is 0 Å². The molecular formula is C20H23N5O. The number of urea groups is 1. The van der Waals surface area contributed by atoms with Crippen LogP contribution in [-0.4, -0.2) is 38.6 Å². The van der Waals surface area contributed by atoms with Crippen molar-refractivity contribution in [3.8, 4) is 0 Å². The lowest BCUT2D eigenvalue weighted by atomic mass is 10.1. The zero-order valence-corrected chi connectivity index (χ0v) is 14.9. The number of aromatic nitrogens is 3. The molecule has 4 rings (SSSR count). The lowest BCUT2D eigenvalue weighted by Gasteiger charge is -2.18. The summed E-state index contributed by atoms with van der Waals surface area (Å²) in [7, 11) is 0. The van der Waals surface area contributed by atoms with Gasteiger partial charge in [-0.15, -0.1) is 0 Å². The van der Waals surface area contributed by atoms with Crippen molar-refractivity contribution < 1.29 is 4.79 Å². The summed E-state index contributed by atoms with van der Waals surface area (Å²) in [6.07, 6.45) is 3.77. The molecule has 1 aliphatic rings. The van der Waals surface area contributed by atoms with Crippen LogP contribution in [0.4, 0.5) is 10.5 Å². The minimum absolute atomic E-state index is 0.0463. The Morgan fingerprint density at radius 1 is 1.23 bits per heavy atom. The van der Waals surface area contributed by atoms with Crippen LogP contribution in [0, 0.1) is 0 Å². The van der Waals surface area contributed by atoms with Gasteiger partial charge in [0, 0.05) is 37.4 Å². The van der Waals surface area contributed by atoms with Gasteiger partial charge in [0.15, 0.2) is 5.65 Å². The zero-order chi connectivity index (χ0) is 17.9. The molecule has 1 aliphatic heterocycles. The van der Waals surface area contributed by atoms with Crippen molar-refractivity contribution in [2.45, 2.75) is 32.2 Å². The molecule has 1 saturated heterocycles. The van der Waals surface area contributed by atoms with Gasteiger partial charge in [-0.2, -0.15) is 0 Å². The summed E-state index contributed by atoms with van der Waals surface area (Å²) in [6, 6.07) is 13.5. The molecule has 2 aromatic heterocycles. The number of carbonyl (C=O) groups excluding carboxylic acids is 1. The zero-order valence-electron chi connectivity index (χ0n) is 14.9. The highest BCUT2D eigenvalue weighted by molar-refractivity contribution is 5.89. The number of likely N-dealkylation sites (tertiary alicyclic amines) is 1. The SMILES string of the molecule is CCCn1c(C2CCN(C(=O)Nc3ccccc3)C2)nc2cccnc21. The molecule has 1 unspecified atom stereocenters. The van der Waals surface area contributed by atoms with E-state index in [1.807, 2.05) is 53.6 Å². The third-order valence-electron chi connectivity index (χ3n) is 4.85. The van der Waals surface area contributed by atoms with Gasteiger partial charge in [0.25, 0.3) is 0 Å². The molecule has 1 N–H and O–H groups in total. The predicted octanol–water partition coefficient (Wildman–Crippen LogP) is 3.86. The number of pyridine rings is 1. The van der Waals surface area contributed by atoms with Crippen molar-refractivity contribution in [3.63, 3.8) is 0 Å². The summed E-state index contributed by atoms with van der Waals surface area (Å²) < 4.78 is 2.22. The molecule has 26 heavy (non-hydrogen) atoms. The first-order valence-electron chi connectivity index (χ1n) is 9.18. The highest BCUT2D eigenvalue weighted by atomic mass is 16.2. The topological polar surface area (TPSA) is 63.1 Å². The van der Waals surface area contributed by atoms with Crippen LogP contribution in [0.1, 0.15) is 31.5 Å². The molecular weight excluding hydrogens is 326 g/mol. The summed E-state index contributed by atoms with van der Waals surface area (Å²) in [5, 5.41) is 2.97. The summed E-state index contributed by atoms with van der Waals surface area (Å²) >= 11 is 0. The number of benzene rings is 1. The normalized spacial score (nSPS) is 17.0. The van der Waals surface area contributed by atoms with E-state index in [0.717, 1.165) is 48.6 Å². The van der Waals surface area contributed by atoms with E-state index in [0.29, 0.717) is 6.54 Å². The van der Waals surface area contributed by atoms with Gasteiger partial charge in [0.05, 0.1) is 0 Å². The van der Waals surface area contributed by atoms with Crippen molar-refractivity contribution in [2.24, 2.45) is 0 Å². The number of amides is 2. The molecule has 1 fully saturated rings. The minimum Gasteiger partial charge on any atom is -0.324 e. The van der Waals surface area contributed by atoms with Gasteiger partial charge in [0.1, 0.15) is 11.3 Å². The molecule has 1 aromatic carbocycles. The molecule has 1 atom stereocenters. The first kappa shape index (κ1) is 16.6. The molecule has 0 radical (unpaired) electrons. The van der Waals surface area contributed by atoms with Gasteiger partial charge < -0.3 is 14.8 Å². The minimum atomic E-state index is -0.0463. The number of anilines is 1. The van der Waals surface area contributed by atoms with E-state index in [1.54, 1.807) is 0 Å². The van der Waals surface area contributed by atoms with Crippen LogP contribution in [-0.2, 0) is 6.54 Å². The fraction of sp³-hybridized carbons (Fsp3) is 0.350. The quantitative estimate of drug-likeness (QED) is 0.778. The van der Waals surface area contributed by atoms with E-state index in [-0.39, 0.29) is 11.9 Å². The van der Waals surface area contributed by atoms with Crippen LogP contribution in [0.2, 0.25) is 0 Å². The standard InChI is InChI=1S/C20H23N5O/c1-2-12-25-18(23-17-9-6-11-21-19(17)25)15-10-13-24(14-15)20(26)22-16-7-4-3-5-8-16/h3-9,11,15H,2,10,12-14H2,1H3,(H,22,26). The molecule has 3 heterocycles. The van der Waals surface area contributed by atoms with Gasteiger partial charge >= 0.3 is 6.03 Å². The Morgan fingerprint density at radius 3 is 2.88 bits per heavy atom. The van der Waals surface area contributed by atoms with E-state index < -0.39 is 0 Å². The van der Waals surface area contributed by atoms with Crippen LogP contribution < -0.4 is 5.32 Å². The number of hydrogen-bond donors (Lipinski definition) is 1.